The number of rotatable bonds is 9. The van der Waals surface area contributed by atoms with Gasteiger partial charge in [0.25, 0.3) is 5.91 Å². The number of ether oxygens (including phenoxy) is 1. The molecule has 0 saturated carbocycles. The SMILES string of the molecule is Cc1ccc(C(C)C)c(OCC(=O)NCCc2ccc(S(=O)(=O)N3CCCCCC3)cc2)c1. The van der Waals surface area contributed by atoms with Gasteiger partial charge in [0.15, 0.2) is 6.61 Å². The van der Waals surface area contributed by atoms with Gasteiger partial charge in [-0.2, -0.15) is 4.31 Å². The highest BCUT2D eigenvalue weighted by atomic mass is 32.2. The number of hydrogen-bond acceptors (Lipinski definition) is 4. The Morgan fingerprint density at radius 2 is 1.70 bits per heavy atom. The van der Waals surface area contributed by atoms with E-state index in [1.54, 1.807) is 16.4 Å². The molecule has 3 rings (SSSR count). The number of carbonyl (C=O) groups excluding carboxylic acids is 1. The third kappa shape index (κ3) is 7.05. The van der Waals surface area contributed by atoms with E-state index in [4.69, 9.17) is 4.74 Å². The topological polar surface area (TPSA) is 75.7 Å². The number of nitrogens with one attached hydrogen (secondary N) is 1. The van der Waals surface area contributed by atoms with Gasteiger partial charge in [0.05, 0.1) is 4.90 Å². The Kier molecular flexibility index (Phi) is 8.92. The van der Waals surface area contributed by atoms with Crippen molar-refractivity contribution in [2.45, 2.75) is 63.7 Å². The lowest BCUT2D eigenvalue weighted by Crippen LogP contribution is -2.32. The molecule has 1 amide bonds. The second-order valence-corrected chi connectivity index (χ2v) is 11.0. The van der Waals surface area contributed by atoms with Crippen LogP contribution in [0.2, 0.25) is 0 Å². The fourth-order valence-electron chi connectivity index (χ4n) is 4.04. The molecule has 6 nitrogen and oxygen atoms in total. The van der Waals surface area contributed by atoms with Gasteiger partial charge in [0.2, 0.25) is 10.0 Å². The molecule has 33 heavy (non-hydrogen) atoms. The molecule has 1 saturated heterocycles. The summed E-state index contributed by atoms with van der Waals surface area (Å²) in [7, 11) is -3.44. The van der Waals surface area contributed by atoms with E-state index in [1.165, 1.54) is 0 Å². The van der Waals surface area contributed by atoms with Crippen molar-refractivity contribution in [2.24, 2.45) is 0 Å². The predicted octanol–water partition coefficient (Wildman–Crippen LogP) is 4.42. The molecule has 2 aromatic rings. The maximum Gasteiger partial charge on any atom is 0.257 e. The summed E-state index contributed by atoms with van der Waals surface area (Å²) >= 11 is 0. The Morgan fingerprint density at radius 3 is 2.33 bits per heavy atom. The van der Waals surface area contributed by atoms with Gasteiger partial charge in [0, 0.05) is 19.6 Å². The molecule has 1 N–H and O–H groups in total. The molecule has 180 valence electrons. The zero-order valence-electron chi connectivity index (χ0n) is 20.0. The molecule has 7 heteroatoms. The summed E-state index contributed by atoms with van der Waals surface area (Å²) in [6.45, 7) is 7.83. The van der Waals surface area contributed by atoms with Crippen molar-refractivity contribution in [3.8, 4) is 5.75 Å². The number of amides is 1. The highest BCUT2D eigenvalue weighted by molar-refractivity contribution is 7.89. The molecule has 0 atom stereocenters. The summed E-state index contributed by atoms with van der Waals surface area (Å²) in [6, 6.07) is 13.1. The predicted molar refractivity (Wildman–Crippen MR) is 131 cm³/mol. The minimum atomic E-state index is -3.44. The van der Waals surface area contributed by atoms with Crippen LogP contribution in [0.1, 0.15) is 62.1 Å². The third-order valence-corrected chi connectivity index (χ3v) is 7.92. The Bertz CT molecular complexity index is 1020. The van der Waals surface area contributed by atoms with Gasteiger partial charge in [-0.05, 0) is 67.0 Å². The molecule has 0 spiro atoms. The smallest absolute Gasteiger partial charge is 0.257 e. The van der Waals surface area contributed by atoms with E-state index in [-0.39, 0.29) is 12.5 Å². The van der Waals surface area contributed by atoms with E-state index >= 15 is 0 Å². The van der Waals surface area contributed by atoms with Gasteiger partial charge in [-0.3, -0.25) is 4.79 Å². The zero-order chi connectivity index (χ0) is 23.8. The van der Waals surface area contributed by atoms with E-state index in [1.807, 2.05) is 37.3 Å². The standard InChI is InChI=1S/C26H36N2O4S/c1-20(2)24-13-8-21(3)18-25(24)32-19-26(29)27-15-14-22-9-11-23(12-10-22)33(30,31)28-16-6-4-5-7-17-28/h8-13,18,20H,4-7,14-17,19H2,1-3H3,(H,27,29). The molecule has 1 aliphatic rings. The lowest BCUT2D eigenvalue weighted by Gasteiger charge is -2.20. The van der Waals surface area contributed by atoms with Crippen LogP contribution in [0, 0.1) is 6.92 Å². The number of nitrogens with zero attached hydrogens (tertiary/aromatic N) is 1. The molecule has 1 fully saturated rings. The Balaban J connectivity index is 1.48. The highest BCUT2D eigenvalue weighted by Crippen LogP contribution is 2.27. The van der Waals surface area contributed by atoms with E-state index in [9.17, 15) is 13.2 Å². The Morgan fingerprint density at radius 1 is 1.03 bits per heavy atom. The minimum Gasteiger partial charge on any atom is -0.483 e. The van der Waals surface area contributed by atoms with E-state index in [2.05, 4.69) is 19.2 Å². The fraction of sp³-hybridized carbons (Fsp3) is 0.500. The van der Waals surface area contributed by atoms with Crippen molar-refractivity contribution in [1.29, 1.82) is 0 Å². The van der Waals surface area contributed by atoms with Crippen LogP contribution in [0.25, 0.3) is 0 Å². The average molecular weight is 473 g/mol. The normalized spacial score (nSPS) is 15.3. The van der Waals surface area contributed by atoms with Crippen molar-refractivity contribution >= 4 is 15.9 Å². The van der Waals surface area contributed by atoms with E-state index in [0.717, 1.165) is 48.1 Å². The van der Waals surface area contributed by atoms with Gasteiger partial charge in [0.1, 0.15) is 5.75 Å². The van der Waals surface area contributed by atoms with Crippen LogP contribution in [0.4, 0.5) is 0 Å². The van der Waals surface area contributed by atoms with E-state index < -0.39 is 10.0 Å². The van der Waals surface area contributed by atoms with Gasteiger partial charge in [-0.1, -0.05) is 51.0 Å². The quantitative estimate of drug-likeness (QED) is 0.586. The van der Waals surface area contributed by atoms with Gasteiger partial charge in [-0.25, -0.2) is 8.42 Å². The summed E-state index contributed by atoms with van der Waals surface area (Å²) < 4.78 is 33.2. The zero-order valence-corrected chi connectivity index (χ0v) is 20.8. The molecule has 0 radical (unpaired) electrons. The summed E-state index contributed by atoms with van der Waals surface area (Å²) in [5.74, 6) is 0.891. The van der Waals surface area contributed by atoms with Crippen LogP contribution >= 0.6 is 0 Å². The number of carbonyl (C=O) groups is 1. The van der Waals surface area contributed by atoms with Crippen LogP contribution in [0.5, 0.6) is 5.75 Å². The van der Waals surface area contributed by atoms with Crippen molar-refractivity contribution in [3.63, 3.8) is 0 Å². The average Bonchev–Trinajstić information content (AvgIpc) is 3.08. The fourth-order valence-corrected chi connectivity index (χ4v) is 5.56. The summed E-state index contributed by atoms with van der Waals surface area (Å²) in [4.78, 5) is 12.6. The minimum absolute atomic E-state index is 0.0316. The van der Waals surface area contributed by atoms with Crippen LogP contribution in [-0.4, -0.2) is 44.9 Å². The first kappa shape index (κ1) is 25.2. The largest absolute Gasteiger partial charge is 0.483 e. The molecule has 0 aliphatic carbocycles. The molecule has 1 aliphatic heterocycles. The van der Waals surface area contributed by atoms with Crippen molar-refractivity contribution in [3.05, 3.63) is 59.2 Å². The van der Waals surface area contributed by atoms with Gasteiger partial charge >= 0.3 is 0 Å². The Hall–Kier alpha value is -2.38. The second kappa shape index (κ2) is 11.7. The summed E-state index contributed by atoms with van der Waals surface area (Å²) in [5.41, 5.74) is 3.16. The number of aryl methyl sites for hydroxylation is 1. The van der Waals surface area contributed by atoms with Crippen molar-refractivity contribution < 1.29 is 17.9 Å². The molecular weight excluding hydrogens is 436 g/mol. The maximum absolute atomic E-state index is 12.9. The van der Waals surface area contributed by atoms with E-state index in [0.29, 0.717) is 36.9 Å². The highest BCUT2D eigenvalue weighted by Gasteiger charge is 2.24. The lowest BCUT2D eigenvalue weighted by molar-refractivity contribution is -0.123. The summed E-state index contributed by atoms with van der Waals surface area (Å²) in [6.07, 6.45) is 4.64. The van der Waals surface area contributed by atoms with Gasteiger partial charge in [-0.15, -0.1) is 0 Å². The number of benzene rings is 2. The molecule has 0 unspecified atom stereocenters. The van der Waals surface area contributed by atoms with Crippen LogP contribution in [0.15, 0.2) is 47.4 Å². The van der Waals surface area contributed by atoms with Gasteiger partial charge < -0.3 is 10.1 Å². The molecule has 1 heterocycles. The molecule has 0 bridgehead atoms. The van der Waals surface area contributed by atoms with Crippen LogP contribution in [-0.2, 0) is 21.2 Å². The number of sulfonamides is 1. The molecular formula is C26H36N2O4S. The first-order chi connectivity index (χ1) is 15.8. The van der Waals surface area contributed by atoms with Crippen LogP contribution in [0.3, 0.4) is 0 Å². The lowest BCUT2D eigenvalue weighted by atomic mass is 10.0. The van der Waals surface area contributed by atoms with Crippen molar-refractivity contribution in [2.75, 3.05) is 26.2 Å². The molecule has 0 aromatic heterocycles. The third-order valence-electron chi connectivity index (χ3n) is 6.01. The maximum atomic E-state index is 12.9. The first-order valence-electron chi connectivity index (χ1n) is 11.9. The number of hydrogen-bond donors (Lipinski definition) is 1. The first-order valence-corrected chi connectivity index (χ1v) is 13.3. The summed E-state index contributed by atoms with van der Waals surface area (Å²) in [5, 5.41) is 2.88. The Labute approximate surface area is 198 Å². The van der Waals surface area contributed by atoms with Crippen molar-refractivity contribution in [1.82, 2.24) is 9.62 Å². The van der Waals surface area contributed by atoms with Crippen LogP contribution < -0.4 is 10.1 Å². The molecule has 2 aromatic carbocycles. The monoisotopic (exact) mass is 472 g/mol. The second-order valence-electron chi connectivity index (χ2n) is 9.05.